The van der Waals surface area contributed by atoms with E-state index < -0.39 is 0 Å². The average molecular weight is 400 g/mol. The van der Waals surface area contributed by atoms with Crippen LogP contribution in [0.25, 0.3) is 10.2 Å². The van der Waals surface area contributed by atoms with Crippen LogP contribution in [-0.4, -0.2) is 27.6 Å². The number of Topliss-reactive ketones (excluding diaryl/α,β-unsaturated/α-hetero) is 1. The molecule has 1 aromatic carbocycles. The summed E-state index contributed by atoms with van der Waals surface area (Å²) in [5.41, 5.74) is 8.21. The topological polar surface area (TPSA) is 78.1 Å². The van der Waals surface area contributed by atoms with Gasteiger partial charge in [-0.1, -0.05) is 55.9 Å². The molecule has 0 radical (unpaired) electrons. The van der Waals surface area contributed by atoms with Gasteiger partial charge in [-0.2, -0.15) is 0 Å². The van der Waals surface area contributed by atoms with E-state index in [-0.39, 0.29) is 11.9 Å². The number of thiophene rings is 1. The molecule has 0 saturated heterocycles. The molecule has 0 fully saturated rings. The largest absolute Gasteiger partial charge is 0.383 e. The minimum atomic E-state index is 0.0570. The number of aromatic nitrogens is 2. The molecule has 7 heteroatoms. The Balaban J connectivity index is 1.57. The summed E-state index contributed by atoms with van der Waals surface area (Å²) in [6.45, 7) is 4.94. The summed E-state index contributed by atoms with van der Waals surface area (Å²) in [4.78, 5) is 23.5. The van der Waals surface area contributed by atoms with E-state index in [1.54, 1.807) is 11.3 Å². The minimum Gasteiger partial charge on any atom is -0.383 e. The third-order valence-electron chi connectivity index (χ3n) is 4.75. The maximum Gasteiger partial charge on any atom is 0.191 e. The molecule has 0 spiro atoms. The number of nitrogens with two attached hydrogens (primary N) is 1. The molecule has 0 aliphatic carbocycles. The molecule has 1 aliphatic rings. The van der Waals surface area contributed by atoms with Gasteiger partial charge in [-0.25, -0.2) is 9.97 Å². The first-order valence-electron chi connectivity index (χ1n) is 8.93. The van der Waals surface area contributed by atoms with E-state index in [2.05, 4.69) is 23.8 Å². The third-order valence-corrected chi connectivity index (χ3v) is 6.69. The van der Waals surface area contributed by atoms with E-state index in [9.17, 15) is 4.79 Å². The Morgan fingerprint density at radius 1 is 1.33 bits per heavy atom. The lowest BCUT2D eigenvalue weighted by Crippen LogP contribution is -2.26. The second-order valence-corrected chi connectivity index (χ2v) is 8.98. The number of nitrogens with zero attached hydrogens (tertiary/aromatic N) is 2. The van der Waals surface area contributed by atoms with Crippen LogP contribution in [0.2, 0.25) is 0 Å². The van der Waals surface area contributed by atoms with Gasteiger partial charge < -0.3 is 10.5 Å². The zero-order valence-corrected chi connectivity index (χ0v) is 16.9. The number of thioether (sulfide) groups is 1. The lowest BCUT2D eigenvalue weighted by atomic mass is 9.96. The first-order chi connectivity index (χ1) is 13.0. The van der Waals surface area contributed by atoms with E-state index in [0.29, 0.717) is 34.8 Å². The number of fused-ring (bicyclic) bond motifs is 3. The normalized spacial score (nSPS) is 16.6. The van der Waals surface area contributed by atoms with Gasteiger partial charge in [0.05, 0.1) is 23.8 Å². The van der Waals surface area contributed by atoms with Gasteiger partial charge in [0.25, 0.3) is 0 Å². The van der Waals surface area contributed by atoms with Crippen LogP contribution in [0.5, 0.6) is 0 Å². The lowest BCUT2D eigenvalue weighted by Gasteiger charge is -2.26. The minimum absolute atomic E-state index is 0.0570. The van der Waals surface area contributed by atoms with Crippen molar-refractivity contribution < 1.29 is 9.53 Å². The zero-order chi connectivity index (χ0) is 19.0. The molecule has 3 heterocycles. The number of carbonyl (C=O) groups excluding carboxylic acids is 1. The second kappa shape index (κ2) is 7.58. The molecule has 0 amide bonds. The van der Waals surface area contributed by atoms with Crippen LogP contribution in [0.4, 0.5) is 5.82 Å². The van der Waals surface area contributed by atoms with Crippen molar-refractivity contribution in [2.24, 2.45) is 5.92 Å². The van der Waals surface area contributed by atoms with Gasteiger partial charge in [-0.05, 0) is 11.5 Å². The van der Waals surface area contributed by atoms with Gasteiger partial charge in [-0.15, -0.1) is 11.3 Å². The molecule has 1 aliphatic heterocycles. The molecule has 2 N–H and O–H groups in total. The molecule has 2 aromatic heterocycles. The fourth-order valence-corrected chi connectivity index (χ4v) is 5.15. The molecule has 3 aromatic rings. The number of ketones is 1. The molecular formula is C20H21N3O2S2. The number of benzene rings is 1. The summed E-state index contributed by atoms with van der Waals surface area (Å²) in [5, 5.41) is 1.51. The van der Waals surface area contributed by atoms with Crippen LogP contribution in [0.3, 0.4) is 0 Å². The molecule has 27 heavy (non-hydrogen) atoms. The van der Waals surface area contributed by atoms with Crippen LogP contribution in [-0.2, 0) is 17.8 Å². The highest BCUT2D eigenvalue weighted by atomic mass is 32.2. The predicted octanol–water partition coefficient (Wildman–Crippen LogP) is 4.35. The quantitative estimate of drug-likeness (QED) is 0.390. The number of carbonyl (C=O) groups is 1. The van der Waals surface area contributed by atoms with Crippen molar-refractivity contribution in [1.29, 1.82) is 0 Å². The van der Waals surface area contributed by atoms with Gasteiger partial charge in [0.15, 0.2) is 10.9 Å². The Morgan fingerprint density at radius 3 is 2.85 bits per heavy atom. The van der Waals surface area contributed by atoms with Crippen molar-refractivity contribution in [3.63, 3.8) is 0 Å². The molecule has 4 rings (SSSR count). The number of nitrogen functional groups attached to an aromatic ring is 1. The summed E-state index contributed by atoms with van der Waals surface area (Å²) in [6.07, 6.45) is 1.05. The Hall–Kier alpha value is -1.96. The van der Waals surface area contributed by atoms with E-state index >= 15 is 0 Å². The highest BCUT2D eigenvalue weighted by Gasteiger charge is 2.27. The van der Waals surface area contributed by atoms with Crippen molar-refractivity contribution in [1.82, 2.24) is 9.97 Å². The second-order valence-electron chi connectivity index (χ2n) is 6.95. The lowest BCUT2D eigenvalue weighted by molar-refractivity contribution is 0.00203. The standard InChI is InChI=1S/C20H21N3O2S2/c1-11(2)15-8-13-16(9-25-15)27-19-17(13)18(21)22-20(23-19)26-10-14(24)12-6-4-3-5-7-12/h3-7,11,15H,8-10H2,1-2H3,(H2,21,22,23)/t15-/m1/s1. The Morgan fingerprint density at radius 2 is 2.11 bits per heavy atom. The highest BCUT2D eigenvalue weighted by Crippen LogP contribution is 2.39. The van der Waals surface area contributed by atoms with Crippen molar-refractivity contribution in [3.8, 4) is 0 Å². The summed E-state index contributed by atoms with van der Waals surface area (Å²) in [5.74, 6) is 1.30. The molecular weight excluding hydrogens is 378 g/mol. The number of anilines is 1. The maximum atomic E-state index is 12.3. The van der Waals surface area contributed by atoms with Gasteiger partial charge >= 0.3 is 0 Å². The Labute approximate surface area is 166 Å². The van der Waals surface area contributed by atoms with E-state index in [1.807, 2.05) is 30.3 Å². The number of hydrogen-bond acceptors (Lipinski definition) is 7. The summed E-state index contributed by atoms with van der Waals surface area (Å²) in [7, 11) is 0. The molecule has 140 valence electrons. The van der Waals surface area contributed by atoms with E-state index in [4.69, 9.17) is 10.5 Å². The fourth-order valence-electron chi connectivity index (χ4n) is 3.22. The number of hydrogen-bond donors (Lipinski definition) is 1. The van der Waals surface area contributed by atoms with Crippen LogP contribution in [0, 0.1) is 5.92 Å². The Kier molecular flexibility index (Phi) is 5.16. The van der Waals surface area contributed by atoms with Crippen LogP contribution >= 0.6 is 23.1 Å². The van der Waals surface area contributed by atoms with Crippen LogP contribution in [0.15, 0.2) is 35.5 Å². The van der Waals surface area contributed by atoms with Crippen molar-refractivity contribution >= 4 is 44.9 Å². The number of rotatable bonds is 5. The van der Waals surface area contributed by atoms with Crippen molar-refractivity contribution in [2.75, 3.05) is 11.5 Å². The van der Waals surface area contributed by atoms with Gasteiger partial charge in [0.2, 0.25) is 0 Å². The van der Waals surface area contributed by atoms with E-state index in [0.717, 1.165) is 16.6 Å². The van der Waals surface area contributed by atoms with Gasteiger partial charge in [-0.3, -0.25) is 4.79 Å². The molecule has 0 unspecified atom stereocenters. The van der Waals surface area contributed by atoms with Crippen LogP contribution < -0.4 is 5.73 Å². The summed E-state index contributed by atoms with van der Waals surface area (Å²) < 4.78 is 5.97. The monoisotopic (exact) mass is 399 g/mol. The fraction of sp³-hybridized carbons (Fsp3) is 0.350. The SMILES string of the molecule is CC(C)[C@H]1Cc2c(sc3nc(SCC(=O)c4ccccc4)nc(N)c23)CO1. The van der Waals surface area contributed by atoms with Crippen molar-refractivity contribution in [2.45, 2.75) is 38.1 Å². The first-order valence-corrected chi connectivity index (χ1v) is 10.7. The maximum absolute atomic E-state index is 12.3. The van der Waals surface area contributed by atoms with Gasteiger partial charge in [0.1, 0.15) is 10.6 Å². The average Bonchev–Trinajstić information content (AvgIpc) is 3.04. The summed E-state index contributed by atoms with van der Waals surface area (Å²) >= 11 is 2.95. The predicted molar refractivity (Wildman–Crippen MR) is 110 cm³/mol. The molecule has 0 saturated carbocycles. The van der Waals surface area contributed by atoms with Crippen LogP contribution in [0.1, 0.15) is 34.6 Å². The first kappa shape index (κ1) is 18.4. The van der Waals surface area contributed by atoms with E-state index in [1.165, 1.54) is 22.2 Å². The number of ether oxygens (including phenoxy) is 1. The smallest absolute Gasteiger partial charge is 0.191 e. The molecule has 1 atom stereocenters. The van der Waals surface area contributed by atoms with Gasteiger partial charge in [0, 0.05) is 16.9 Å². The molecule has 5 nitrogen and oxygen atoms in total. The highest BCUT2D eigenvalue weighted by molar-refractivity contribution is 7.99. The Bertz CT molecular complexity index is 986. The summed E-state index contributed by atoms with van der Waals surface area (Å²) in [6, 6.07) is 9.26. The van der Waals surface area contributed by atoms with Crippen molar-refractivity contribution in [3.05, 3.63) is 46.3 Å². The zero-order valence-electron chi connectivity index (χ0n) is 15.3. The molecule has 0 bridgehead atoms. The third kappa shape index (κ3) is 3.72.